The lowest BCUT2D eigenvalue weighted by molar-refractivity contribution is 0.0669. The Morgan fingerprint density at radius 1 is 1.18 bits per heavy atom. The van der Waals surface area contributed by atoms with E-state index in [2.05, 4.69) is 11.1 Å². The molecule has 146 valence electrons. The molecule has 5 nitrogen and oxygen atoms in total. The minimum Gasteiger partial charge on any atom is -0.497 e. The van der Waals surface area contributed by atoms with Crippen LogP contribution in [0.1, 0.15) is 18.4 Å². The standard InChI is InChI=1S/C22H24ClN3O2/c1-28-19-10-8-17(9-11-19)26-14-16(13-25-12-4-5-18(27)15-25)22(24-26)20-6-2-3-7-21(20)23/h2-3,6-11,14,18,27H,4-5,12-13,15H2,1H3. The SMILES string of the molecule is COc1ccc(-n2cc(CN3CCCC(O)C3)c(-c3ccccc3Cl)n2)cc1. The highest BCUT2D eigenvalue weighted by molar-refractivity contribution is 6.33. The van der Waals surface area contributed by atoms with Crippen LogP contribution in [-0.4, -0.2) is 46.1 Å². The molecule has 0 amide bonds. The molecule has 0 radical (unpaired) electrons. The molecule has 0 saturated carbocycles. The van der Waals surface area contributed by atoms with Crippen molar-refractivity contribution in [1.29, 1.82) is 0 Å². The summed E-state index contributed by atoms with van der Waals surface area (Å²) in [6, 6.07) is 15.6. The van der Waals surface area contributed by atoms with E-state index in [0.717, 1.165) is 54.2 Å². The van der Waals surface area contributed by atoms with Crippen LogP contribution in [0.25, 0.3) is 16.9 Å². The van der Waals surface area contributed by atoms with Gasteiger partial charge in [-0.05, 0) is 49.7 Å². The van der Waals surface area contributed by atoms with Gasteiger partial charge in [-0.2, -0.15) is 5.10 Å². The highest BCUT2D eigenvalue weighted by Crippen LogP contribution is 2.31. The summed E-state index contributed by atoms with van der Waals surface area (Å²) in [7, 11) is 1.66. The number of hydrogen-bond donors (Lipinski definition) is 1. The van der Waals surface area contributed by atoms with E-state index in [-0.39, 0.29) is 6.10 Å². The number of aliphatic hydroxyl groups excluding tert-OH is 1. The molecule has 1 N–H and O–H groups in total. The van der Waals surface area contributed by atoms with Crippen LogP contribution >= 0.6 is 11.6 Å². The van der Waals surface area contributed by atoms with E-state index in [1.165, 1.54) is 0 Å². The molecule has 1 unspecified atom stereocenters. The zero-order valence-corrected chi connectivity index (χ0v) is 16.6. The summed E-state index contributed by atoms with van der Waals surface area (Å²) in [5, 5.41) is 15.6. The van der Waals surface area contributed by atoms with Crippen LogP contribution in [0.2, 0.25) is 5.02 Å². The molecule has 1 aliphatic rings. The number of rotatable bonds is 5. The smallest absolute Gasteiger partial charge is 0.119 e. The maximum atomic E-state index is 10.0. The van der Waals surface area contributed by atoms with Gasteiger partial charge in [0, 0.05) is 30.4 Å². The third kappa shape index (κ3) is 4.07. The maximum absolute atomic E-state index is 10.0. The van der Waals surface area contributed by atoms with Crippen LogP contribution in [0.5, 0.6) is 5.75 Å². The summed E-state index contributed by atoms with van der Waals surface area (Å²) in [5.41, 5.74) is 3.85. The topological polar surface area (TPSA) is 50.5 Å². The average Bonchev–Trinajstić information content (AvgIpc) is 3.12. The number of aromatic nitrogens is 2. The largest absolute Gasteiger partial charge is 0.497 e. The van der Waals surface area contributed by atoms with Gasteiger partial charge in [0.1, 0.15) is 5.75 Å². The predicted molar refractivity (Wildman–Crippen MR) is 111 cm³/mol. The predicted octanol–water partition coefficient (Wildman–Crippen LogP) is 4.16. The van der Waals surface area contributed by atoms with E-state index >= 15 is 0 Å². The number of nitrogens with zero attached hydrogens (tertiary/aromatic N) is 3. The highest BCUT2D eigenvalue weighted by Gasteiger charge is 2.21. The summed E-state index contributed by atoms with van der Waals surface area (Å²) < 4.78 is 7.13. The van der Waals surface area contributed by atoms with Crippen molar-refractivity contribution in [2.24, 2.45) is 0 Å². The third-order valence-corrected chi connectivity index (χ3v) is 5.46. The van der Waals surface area contributed by atoms with Gasteiger partial charge in [0.25, 0.3) is 0 Å². The normalized spacial score (nSPS) is 17.6. The lowest BCUT2D eigenvalue weighted by atomic mass is 10.1. The minimum atomic E-state index is -0.255. The number of likely N-dealkylation sites (tertiary alicyclic amines) is 1. The number of methoxy groups -OCH3 is 1. The van der Waals surface area contributed by atoms with Gasteiger partial charge in [0.15, 0.2) is 0 Å². The van der Waals surface area contributed by atoms with E-state index in [1.807, 2.05) is 53.2 Å². The van der Waals surface area contributed by atoms with Crippen LogP contribution < -0.4 is 4.74 Å². The summed E-state index contributed by atoms with van der Waals surface area (Å²) >= 11 is 6.47. The molecule has 28 heavy (non-hydrogen) atoms. The monoisotopic (exact) mass is 397 g/mol. The number of benzene rings is 2. The average molecular weight is 398 g/mol. The van der Waals surface area contributed by atoms with Crippen molar-refractivity contribution in [1.82, 2.24) is 14.7 Å². The Morgan fingerprint density at radius 3 is 2.68 bits per heavy atom. The van der Waals surface area contributed by atoms with Crippen molar-refractivity contribution in [2.75, 3.05) is 20.2 Å². The van der Waals surface area contributed by atoms with Crippen molar-refractivity contribution < 1.29 is 9.84 Å². The van der Waals surface area contributed by atoms with Crippen molar-refractivity contribution >= 4 is 11.6 Å². The van der Waals surface area contributed by atoms with Crippen LogP contribution in [-0.2, 0) is 6.54 Å². The molecule has 2 heterocycles. The van der Waals surface area contributed by atoms with Crippen molar-refractivity contribution in [3.05, 3.63) is 65.3 Å². The molecule has 4 rings (SSSR count). The fourth-order valence-electron chi connectivity index (χ4n) is 3.69. The second kappa shape index (κ2) is 8.35. The third-order valence-electron chi connectivity index (χ3n) is 5.13. The van der Waals surface area contributed by atoms with Gasteiger partial charge in [0.05, 0.1) is 29.6 Å². The van der Waals surface area contributed by atoms with E-state index in [9.17, 15) is 5.11 Å². The molecule has 0 aliphatic carbocycles. The number of β-amino-alcohol motifs (C(OH)–C–C–N with tert-alkyl or cyclic N) is 1. The second-order valence-electron chi connectivity index (χ2n) is 7.16. The summed E-state index contributed by atoms with van der Waals surface area (Å²) in [5.74, 6) is 0.810. The van der Waals surface area contributed by atoms with Gasteiger partial charge < -0.3 is 9.84 Å². The van der Waals surface area contributed by atoms with Gasteiger partial charge in [-0.25, -0.2) is 4.68 Å². The molecule has 1 aliphatic heterocycles. The maximum Gasteiger partial charge on any atom is 0.119 e. The Kier molecular flexibility index (Phi) is 5.67. The molecule has 1 aromatic heterocycles. The Balaban J connectivity index is 1.71. The lowest BCUT2D eigenvalue weighted by Crippen LogP contribution is -2.37. The zero-order chi connectivity index (χ0) is 19.5. The van der Waals surface area contributed by atoms with E-state index in [4.69, 9.17) is 21.4 Å². The first-order chi connectivity index (χ1) is 13.6. The number of ether oxygens (including phenoxy) is 1. The Hall–Kier alpha value is -2.34. The quantitative estimate of drug-likeness (QED) is 0.702. The fraction of sp³-hybridized carbons (Fsp3) is 0.318. The van der Waals surface area contributed by atoms with Crippen molar-refractivity contribution in [3.63, 3.8) is 0 Å². The van der Waals surface area contributed by atoms with Gasteiger partial charge >= 0.3 is 0 Å². The molecule has 0 bridgehead atoms. The van der Waals surface area contributed by atoms with E-state index < -0.39 is 0 Å². The first-order valence-corrected chi connectivity index (χ1v) is 9.90. The molecule has 2 aromatic carbocycles. The first kappa shape index (κ1) is 19.0. The molecule has 1 saturated heterocycles. The van der Waals surface area contributed by atoms with Crippen LogP contribution in [0.3, 0.4) is 0 Å². The van der Waals surface area contributed by atoms with Gasteiger partial charge in [-0.3, -0.25) is 4.90 Å². The minimum absolute atomic E-state index is 0.255. The lowest BCUT2D eigenvalue weighted by Gasteiger charge is -2.29. The first-order valence-electron chi connectivity index (χ1n) is 9.52. The van der Waals surface area contributed by atoms with Crippen molar-refractivity contribution in [3.8, 4) is 22.7 Å². The second-order valence-corrected chi connectivity index (χ2v) is 7.56. The molecule has 1 atom stereocenters. The van der Waals surface area contributed by atoms with Crippen molar-refractivity contribution in [2.45, 2.75) is 25.5 Å². The number of piperidine rings is 1. The molecule has 1 fully saturated rings. The molecule has 0 spiro atoms. The number of aliphatic hydroxyl groups is 1. The zero-order valence-electron chi connectivity index (χ0n) is 15.9. The molecular weight excluding hydrogens is 374 g/mol. The van der Waals surface area contributed by atoms with E-state index in [0.29, 0.717) is 11.6 Å². The molecule has 6 heteroatoms. The molecular formula is C22H24ClN3O2. The Bertz CT molecular complexity index is 939. The Labute approximate surface area is 170 Å². The summed E-state index contributed by atoms with van der Waals surface area (Å²) in [6.45, 7) is 2.40. The fourth-order valence-corrected chi connectivity index (χ4v) is 3.91. The van der Waals surface area contributed by atoms with Crippen LogP contribution in [0, 0.1) is 0 Å². The Morgan fingerprint density at radius 2 is 1.96 bits per heavy atom. The summed E-state index contributed by atoms with van der Waals surface area (Å²) in [4.78, 5) is 2.28. The van der Waals surface area contributed by atoms with Gasteiger partial charge in [0.2, 0.25) is 0 Å². The highest BCUT2D eigenvalue weighted by atomic mass is 35.5. The van der Waals surface area contributed by atoms with Crippen LogP contribution in [0.4, 0.5) is 0 Å². The summed E-state index contributed by atoms with van der Waals surface area (Å²) in [6.07, 6.45) is 3.68. The number of hydrogen-bond acceptors (Lipinski definition) is 4. The molecule has 3 aromatic rings. The van der Waals surface area contributed by atoms with Gasteiger partial charge in [-0.15, -0.1) is 0 Å². The van der Waals surface area contributed by atoms with E-state index in [1.54, 1.807) is 7.11 Å². The number of halogens is 1. The van der Waals surface area contributed by atoms with Gasteiger partial charge in [-0.1, -0.05) is 29.8 Å². The van der Waals surface area contributed by atoms with Crippen LogP contribution in [0.15, 0.2) is 54.7 Å².